The molecule has 11 nitrogen and oxygen atoms in total. The van der Waals surface area contributed by atoms with Crippen molar-refractivity contribution in [1.82, 2.24) is 5.32 Å². The molecule has 0 aliphatic carbocycles. The number of esters is 2. The van der Waals surface area contributed by atoms with Gasteiger partial charge in [-0.15, -0.1) is 0 Å². The van der Waals surface area contributed by atoms with Crippen LogP contribution in [0.3, 0.4) is 0 Å². The van der Waals surface area contributed by atoms with Crippen LogP contribution < -0.4 is 5.32 Å². The lowest BCUT2D eigenvalue weighted by molar-refractivity contribution is -0.260. The molecule has 0 saturated carbocycles. The minimum atomic E-state index is -1.74. The Morgan fingerprint density at radius 2 is 1.88 bits per heavy atom. The van der Waals surface area contributed by atoms with Crippen molar-refractivity contribution in [3.63, 3.8) is 0 Å². The number of aliphatic hydroxyl groups is 1. The average Bonchev–Trinajstić information content (AvgIpc) is 2.50. The van der Waals surface area contributed by atoms with E-state index in [0.29, 0.717) is 0 Å². The van der Waals surface area contributed by atoms with Crippen LogP contribution >= 0.6 is 0 Å². The van der Waals surface area contributed by atoms with Crippen LogP contribution in [0, 0.1) is 0 Å². The normalized spacial score (nSPS) is 29.1. The van der Waals surface area contributed by atoms with Crippen LogP contribution in [0.15, 0.2) is 5.11 Å². The van der Waals surface area contributed by atoms with Gasteiger partial charge < -0.3 is 24.6 Å². The molecule has 0 aromatic carbocycles. The lowest BCUT2D eigenvalue weighted by Crippen LogP contribution is -2.66. The van der Waals surface area contributed by atoms with Crippen LogP contribution in [0.25, 0.3) is 10.4 Å². The van der Waals surface area contributed by atoms with Gasteiger partial charge in [0.05, 0.1) is 0 Å². The van der Waals surface area contributed by atoms with E-state index in [-0.39, 0.29) is 0 Å². The number of nitrogens with one attached hydrogen (secondary N) is 1. The molecule has 134 valence electrons. The van der Waals surface area contributed by atoms with Crippen LogP contribution in [0.1, 0.15) is 13.8 Å². The number of amides is 1. The molecule has 1 fully saturated rings. The first kappa shape index (κ1) is 19.6. The van der Waals surface area contributed by atoms with Gasteiger partial charge in [0.1, 0.15) is 25.4 Å². The summed E-state index contributed by atoms with van der Waals surface area (Å²) in [6, 6.07) is -1.36. The summed E-state index contributed by atoms with van der Waals surface area (Å²) in [6.45, 7) is 0.389. The number of rotatable bonds is 6. The highest BCUT2D eigenvalue weighted by Gasteiger charge is 2.50. The van der Waals surface area contributed by atoms with Crippen molar-refractivity contribution in [1.29, 1.82) is 0 Å². The Labute approximate surface area is 135 Å². The molecule has 5 atom stereocenters. The number of aliphatic hydroxyl groups excluding tert-OH is 1. The van der Waals surface area contributed by atoms with Gasteiger partial charge in [0.2, 0.25) is 5.91 Å². The summed E-state index contributed by atoms with van der Waals surface area (Å²) in [5, 5.41) is 15.2. The van der Waals surface area contributed by atoms with Gasteiger partial charge in [-0.1, -0.05) is 5.11 Å². The molecule has 1 heterocycles. The molecule has 0 spiro atoms. The van der Waals surface area contributed by atoms with E-state index >= 15 is 0 Å². The third-order valence-electron chi connectivity index (χ3n) is 3.03. The van der Waals surface area contributed by atoms with Gasteiger partial charge in [0.25, 0.3) is 0 Å². The highest BCUT2D eigenvalue weighted by Crippen LogP contribution is 2.26. The maximum absolute atomic E-state index is 13.1. The van der Waals surface area contributed by atoms with Crippen LogP contribution in [-0.2, 0) is 28.6 Å². The van der Waals surface area contributed by atoms with Crippen LogP contribution in [0.2, 0.25) is 0 Å². The van der Waals surface area contributed by atoms with E-state index in [0.717, 1.165) is 13.8 Å². The fourth-order valence-corrected chi connectivity index (χ4v) is 2.19. The molecule has 1 rings (SSSR count). The summed E-state index contributed by atoms with van der Waals surface area (Å²) in [4.78, 5) is 36.6. The molecule has 1 aliphatic rings. The number of alkyl halides is 1. The van der Waals surface area contributed by atoms with Gasteiger partial charge in [-0.2, -0.15) is 0 Å². The number of nitrogens with zero attached hydrogens (tertiary/aromatic N) is 3. The Bertz CT molecular complexity index is 539. The Balaban J connectivity index is 3.06. The number of carbonyl (C=O) groups is 3. The van der Waals surface area contributed by atoms with Crippen LogP contribution in [-0.4, -0.2) is 66.8 Å². The lowest BCUT2D eigenvalue weighted by Gasteiger charge is -2.43. The first-order valence-electron chi connectivity index (χ1n) is 6.84. The molecule has 1 amide bonds. The van der Waals surface area contributed by atoms with E-state index in [1.807, 2.05) is 0 Å². The van der Waals surface area contributed by atoms with Crippen LogP contribution in [0.4, 0.5) is 4.39 Å². The SMILES string of the molecule is CC(=O)O[C@@H]1[C@@H](NC(=O)CN=[N+]=[N-])[C@@H](O)O[C@H](CF)[C@H]1OC(C)=O. The molecule has 0 radical (unpaired) electrons. The predicted molar refractivity (Wildman–Crippen MR) is 73.9 cm³/mol. The minimum absolute atomic E-state index is 0.586. The molecule has 1 aliphatic heterocycles. The summed E-state index contributed by atoms with van der Waals surface area (Å²) >= 11 is 0. The molecular weight excluding hydrogens is 331 g/mol. The molecule has 0 unspecified atom stereocenters. The van der Waals surface area contributed by atoms with E-state index < -0.39 is 61.7 Å². The fraction of sp³-hybridized carbons (Fsp3) is 0.750. The second-order valence-corrected chi connectivity index (χ2v) is 4.85. The van der Waals surface area contributed by atoms with Crippen molar-refractivity contribution >= 4 is 17.8 Å². The maximum Gasteiger partial charge on any atom is 0.303 e. The Hall–Kier alpha value is -2.43. The highest BCUT2D eigenvalue weighted by molar-refractivity contribution is 5.78. The largest absolute Gasteiger partial charge is 0.456 e. The fourth-order valence-electron chi connectivity index (χ4n) is 2.19. The first-order valence-corrected chi connectivity index (χ1v) is 6.84. The lowest BCUT2D eigenvalue weighted by atomic mass is 9.96. The number of ether oxygens (including phenoxy) is 3. The molecule has 1 saturated heterocycles. The van der Waals surface area contributed by atoms with Gasteiger partial charge in [-0.3, -0.25) is 14.4 Å². The summed E-state index contributed by atoms with van der Waals surface area (Å²) in [5.74, 6) is -2.41. The summed E-state index contributed by atoms with van der Waals surface area (Å²) in [7, 11) is 0. The van der Waals surface area contributed by atoms with Crippen molar-refractivity contribution in [3.8, 4) is 0 Å². The molecule has 12 heteroatoms. The zero-order valence-electron chi connectivity index (χ0n) is 12.9. The van der Waals surface area contributed by atoms with Crippen LogP contribution in [0.5, 0.6) is 0 Å². The van der Waals surface area contributed by atoms with Gasteiger partial charge >= 0.3 is 11.9 Å². The predicted octanol–water partition coefficient (Wildman–Crippen LogP) is -0.668. The van der Waals surface area contributed by atoms with E-state index in [1.54, 1.807) is 0 Å². The summed E-state index contributed by atoms with van der Waals surface area (Å²) < 4.78 is 28.0. The maximum atomic E-state index is 13.1. The van der Waals surface area contributed by atoms with E-state index in [9.17, 15) is 23.9 Å². The molecule has 24 heavy (non-hydrogen) atoms. The number of hydrogen-bond donors (Lipinski definition) is 2. The smallest absolute Gasteiger partial charge is 0.303 e. The number of hydrogen-bond acceptors (Lipinski definition) is 8. The van der Waals surface area contributed by atoms with Crippen molar-refractivity contribution in [2.75, 3.05) is 13.2 Å². The van der Waals surface area contributed by atoms with Crippen molar-refractivity contribution < 1.29 is 38.1 Å². The minimum Gasteiger partial charge on any atom is -0.456 e. The highest BCUT2D eigenvalue weighted by atomic mass is 19.1. The number of halogens is 1. The van der Waals surface area contributed by atoms with Crippen molar-refractivity contribution in [2.24, 2.45) is 5.11 Å². The molecule has 0 aromatic heterocycles. The Morgan fingerprint density at radius 1 is 1.29 bits per heavy atom. The molecule has 2 N–H and O–H groups in total. The molecule has 0 bridgehead atoms. The number of carbonyl (C=O) groups excluding carboxylic acids is 3. The van der Waals surface area contributed by atoms with E-state index in [2.05, 4.69) is 15.3 Å². The third kappa shape index (κ3) is 5.33. The molecular formula is C12H17FN4O7. The van der Waals surface area contributed by atoms with Crippen molar-refractivity contribution in [3.05, 3.63) is 10.4 Å². The first-order chi connectivity index (χ1) is 11.3. The monoisotopic (exact) mass is 348 g/mol. The van der Waals surface area contributed by atoms with Gasteiger partial charge in [0, 0.05) is 18.8 Å². The quantitative estimate of drug-likeness (QED) is 0.278. The second kappa shape index (κ2) is 9.01. The third-order valence-corrected chi connectivity index (χ3v) is 3.03. The Morgan fingerprint density at radius 3 is 2.38 bits per heavy atom. The van der Waals surface area contributed by atoms with Gasteiger partial charge in [-0.05, 0) is 5.53 Å². The van der Waals surface area contributed by atoms with E-state index in [4.69, 9.17) is 19.7 Å². The van der Waals surface area contributed by atoms with E-state index in [1.165, 1.54) is 0 Å². The number of azide groups is 1. The zero-order valence-corrected chi connectivity index (χ0v) is 12.9. The zero-order chi connectivity index (χ0) is 18.3. The summed E-state index contributed by atoms with van der Waals surface area (Å²) in [5.41, 5.74) is 8.19. The topological polar surface area (TPSA) is 160 Å². The van der Waals surface area contributed by atoms with Crippen molar-refractivity contribution in [2.45, 2.75) is 44.5 Å². The average molecular weight is 348 g/mol. The Kier molecular flexibility index (Phi) is 7.36. The van der Waals surface area contributed by atoms with Gasteiger partial charge in [0.15, 0.2) is 18.5 Å². The second-order valence-electron chi connectivity index (χ2n) is 4.85. The van der Waals surface area contributed by atoms with Gasteiger partial charge in [-0.25, -0.2) is 4.39 Å². The standard InChI is InChI=1S/C12H17FN4O7/c1-5(18)22-10-7(3-13)24-12(21)9(11(10)23-6(2)19)16-8(20)4-15-17-14/h7,9-12,21H,3-4H2,1-2H3,(H,16,20)/t7-,9-,10-,11-,12+/m1/s1. The molecule has 0 aromatic rings. The summed E-state index contributed by atoms with van der Waals surface area (Å²) in [6.07, 6.45) is -5.91.